The number of fused-ring (bicyclic) bond motifs is 1. The number of carbonyl (C=O) groups excluding carboxylic acids is 2. The van der Waals surface area contributed by atoms with Crippen molar-refractivity contribution in [2.24, 2.45) is 0 Å². The molecular formula is C15H18N2O6. The molecule has 1 aliphatic heterocycles. The second kappa shape index (κ2) is 6.64. The molecule has 0 saturated heterocycles. The quantitative estimate of drug-likeness (QED) is 0.467. The van der Waals surface area contributed by atoms with E-state index in [0.29, 0.717) is 12.2 Å². The molecule has 1 aliphatic rings. The molecule has 0 saturated carbocycles. The Morgan fingerprint density at radius 2 is 2.17 bits per heavy atom. The molecule has 0 aromatic heterocycles. The number of hydrogen-bond acceptors (Lipinski definition) is 6. The molecule has 0 aliphatic carbocycles. The lowest BCUT2D eigenvalue weighted by molar-refractivity contribution is -0.384. The normalized spacial score (nSPS) is 16.8. The van der Waals surface area contributed by atoms with Crippen molar-refractivity contribution in [3.05, 3.63) is 28.3 Å². The third-order valence-corrected chi connectivity index (χ3v) is 3.28. The number of amides is 1. The summed E-state index contributed by atoms with van der Waals surface area (Å²) in [6, 6.07) is 3.96. The van der Waals surface area contributed by atoms with Gasteiger partial charge in [0.1, 0.15) is 12.3 Å². The molecule has 1 amide bonds. The van der Waals surface area contributed by atoms with E-state index in [9.17, 15) is 19.7 Å². The van der Waals surface area contributed by atoms with Crippen LogP contribution < -0.4 is 9.64 Å². The molecule has 2 rings (SSSR count). The predicted octanol–water partition coefficient (Wildman–Crippen LogP) is 2.05. The van der Waals surface area contributed by atoms with Gasteiger partial charge in [0, 0.05) is 12.1 Å². The van der Waals surface area contributed by atoms with Gasteiger partial charge in [-0.3, -0.25) is 24.6 Å². The number of esters is 1. The van der Waals surface area contributed by atoms with E-state index in [1.807, 2.05) is 0 Å². The van der Waals surface area contributed by atoms with Gasteiger partial charge in [-0.25, -0.2) is 0 Å². The van der Waals surface area contributed by atoms with Crippen molar-refractivity contribution < 1.29 is 24.0 Å². The van der Waals surface area contributed by atoms with Crippen LogP contribution in [0.3, 0.4) is 0 Å². The fourth-order valence-electron chi connectivity index (χ4n) is 2.28. The summed E-state index contributed by atoms with van der Waals surface area (Å²) in [5.41, 5.74) is 0.0203. The predicted molar refractivity (Wildman–Crippen MR) is 81.4 cm³/mol. The zero-order valence-electron chi connectivity index (χ0n) is 13.1. The molecule has 0 spiro atoms. The topological polar surface area (TPSA) is 99.0 Å². The van der Waals surface area contributed by atoms with Crippen LogP contribution in [0.2, 0.25) is 0 Å². The first-order chi connectivity index (χ1) is 10.8. The summed E-state index contributed by atoms with van der Waals surface area (Å²) in [7, 11) is 0. The first-order valence-corrected chi connectivity index (χ1v) is 7.29. The smallest absolute Gasteiger partial charge is 0.326 e. The molecule has 0 fully saturated rings. The summed E-state index contributed by atoms with van der Waals surface area (Å²) in [6.45, 7) is 4.87. The molecular weight excluding hydrogens is 304 g/mol. The minimum atomic E-state index is -0.726. The van der Waals surface area contributed by atoms with Gasteiger partial charge in [-0.2, -0.15) is 0 Å². The van der Waals surface area contributed by atoms with Crippen LogP contribution in [-0.2, 0) is 14.3 Å². The third-order valence-electron chi connectivity index (χ3n) is 3.28. The Balaban J connectivity index is 2.38. The van der Waals surface area contributed by atoms with Crippen LogP contribution in [0.25, 0.3) is 0 Å². The van der Waals surface area contributed by atoms with Gasteiger partial charge in [-0.15, -0.1) is 0 Å². The lowest BCUT2D eigenvalue weighted by Crippen LogP contribution is -2.48. The summed E-state index contributed by atoms with van der Waals surface area (Å²) in [4.78, 5) is 35.9. The van der Waals surface area contributed by atoms with Crippen LogP contribution >= 0.6 is 0 Å². The number of rotatable bonds is 5. The molecule has 8 heteroatoms. The summed E-state index contributed by atoms with van der Waals surface area (Å²) in [6.07, 6.45) is -0.619. The Hall–Kier alpha value is -2.64. The van der Waals surface area contributed by atoms with Crippen LogP contribution in [0.15, 0.2) is 18.2 Å². The number of anilines is 1. The summed E-state index contributed by atoms with van der Waals surface area (Å²) < 4.78 is 10.6. The second-order valence-electron chi connectivity index (χ2n) is 5.39. The molecule has 23 heavy (non-hydrogen) atoms. The van der Waals surface area contributed by atoms with Gasteiger partial charge in [0.2, 0.25) is 0 Å². The van der Waals surface area contributed by atoms with Gasteiger partial charge < -0.3 is 9.47 Å². The molecule has 0 radical (unpaired) electrons. The van der Waals surface area contributed by atoms with Crippen LogP contribution in [0, 0.1) is 10.1 Å². The van der Waals surface area contributed by atoms with Crippen LogP contribution in [0.5, 0.6) is 5.75 Å². The average Bonchev–Trinajstić information content (AvgIpc) is 2.48. The van der Waals surface area contributed by atoms with Crippen molar-refractivity contribution in [1.82, 2.24) is 0 Å². The van der Waals surface area contributed by atoms with Crippen molar-refractivity contribution in [2.45, 2.75) is 39.4 Å². The van der Waals surface area contributed by atoms with E-state index < -0.39 is 22.9 Å². The average molecular weight is 322 g/mol. The first-order valence-electron chi connectivity index (χ1n) is 7.29. The second-order valence-corrected chi connectivity index (χ2v) is 5.39. The Morgan fingerprint density at radius 1 is 1.48 bits per heavy atom. The van der Waals surface area contributed by atoms with Gasteiger partial charge in [-0.05, 0) is 26.3 Å². The van der Waals surface area contributed by atoms with E-state index >= 15 is 0 Å². The minimum Gasteiger partial charge on any atom is -0.478 e. The number of nitrogens with zero attached hydrogens (tertiary/aromatic N) is 2. The van der Waals surface area contributed by atoms with E-state index in [-0.39, 0.29) is 24.0 Å². The molecule has 1 aromatic rings. The van der Waals surface area contributed by atoms with E-state index in [1.54, 1.807) is 20.8 Å². The molecule has 1 aromatic carbocycles. The highest BCUT2D eigenvalue weighted by atomic mass is 16.6. The maximum absolute atomic E-state index is 12.4. The fourth-order valence-corrected chi connectivity index (χ4v) is 2.28. The zero-order valence-corrected chi connectivity index (χ0v) is 13.1. The van der Waals surface area contributed by atoms with E-state index in [4.69, 9.17) is 9.47 Å². The lowest BCUT2D eigenvalue weighted by atomic mass is 10.1. The van der Waals surface area contributed by atoms with Crippen molar-refractivity contribution in [3.8, 4) is 5.75 Å². The zero-order chi connectivity index (χ0) is 17.1. The van der Waals surface area contributed by atoms with Crippen molar-refractivity contribution >= 4 is 23.3 Å². The highest BCUT2D eigenvalue weighted by Crippen LogP contribution is 2.37. The maximum Gasteiger partial charge on any atom is 0.326 e. The van der Waals surface area contributed by atoms with Gasteiger partial charge >= 0.3 is 5.97 Å². The van der Waals surface area contributed by atoms with Gasteiger partial charge in [0.25, 0.3) is 11.6 Å². The first kappa shape index (κ1) is 16.7. The Morgan fingerprint density at radius 3 is 2.74 bits per heavy atom. The van der Waals surface area contributed by atoms with Crippen LogP contribution in [0.4, 0.5) is 11.4 Å². The standard InChI is InChI=1S/C15H18N2O6/c1-4-12-15(19)16(8-14(18)22-9(2)3)11-7-10(17(20)21)5-6-13(11)23-12/h5-7,9,12H,4,8H2,1-3H3. The van der Waals surface area contributed by atoms with Crippen LogP contribution in [-0.4, -0.2) is 35.6 Å². The fraction of sp³-hybridized carbons (Fsp3) is 0.467. The van der Waals surface area contributed by atoms with Crippen molar-refractivity contribution in [3.63, 3.8) is 0 Å². The number of non-ortho nitro benzene ring substituents is 1. The summed E-state index contributed by atoms with van der Waals surface area (Å²) >= 11 is 0. The third kappa shape index (κ3) is 3.58. The van der Waals surface area contributed by atoms with E-state index in [0.717, 1.165) is 0 Å². The molecule has 1 atom stereocenters. The van der Waals surface area contributed by atoms with Gasteiger partial charge in [0.15, 0.2) is 6.10 Å². The van der Waals surface area contributed by atoms with E-state index in [1.165, 1.54) is 23.1 Å². The Labute approximate surface area is 133 Å². The van der Waals surface area contributed by atoms with Crippen LogP contribution in [0.1, 0.15) is 27.2 Å². The SMILES string of the molecule is CCC1Oc2ccc([N+](=O)[O-])cc2N(CC(=O)OC(C)C)C1=O. The molecule has 0 N–H and O–H groups in total. The highest BCUT2D eigenvalue weighted by Gasteiger charge is 2.35. The van der Waals surface area contributed by atoms with Crippen molar-refractivity contribution in [2.75, 3.05) is 11.4 Å². The monoisotopic (exact) mass is 322 g/mol. The number of ether oxygens (including phenoxy) is 2. The Bertz CT molecular complexity index is 643. The maximum atomic E-state index is 12.4. The largest absolute Gasteiger partial charge is 0.478 e. The molecule has 8 nitrogen and oxygen atoms in total. The molecule has 0 bridgehead atoms. The highest BCUT2D eigenvalue weighted by molar-refractivity contribution is 6.03. The molecule has 1 heterocycles. The number of hydrogen-bond donors (Lipinski definition) is 0. The number of benzene rings is 1. The summed E-state index contributed by atoms with van der Waals surface area (Å²) in [5.74, 6) is -0.664. The summed E-state index contributed by atoms with van der Waals surface area (Å²) in [5, 5.41) is 10.9. The van der Waals surface area contributed by atoms with E-state index in [2.05, 4.69) is 0 Å². The Kier molecular flexibility index (Phi) is 4.83. The number of carbonyl (C=O) groups is 2. The van der Waals surface area contributed by atoms with Gasteiger partial charge in [-0.1, -0.05) is 6.92 Å². The molecule has 1 unspecified atom stereocenters. The van der Waals surface area contributed by atoms with Crippen molar-refractivity contribution in [1.29, 1.82) is 0 Å². The number of nitro benzene ring substituents is 1. The number of nitro groups is 1. The van der Waals surface area contributed by atoms with Gasteiger partial charge in [0.05, 0.1) is 16.7 Å². The minimum absolute atomic E-state index is 0.183. The molecule has 124 valence electrons. The lowest BCUT2D eigenvalue weighted by Gasteiger charge is -2.33.